The van der Waals surface area contributed by atoms with E-state index in [1.54, 1.807) is 4.90 Å². The van der Waals surface area contributed by atoms with Crippen LogP contribution in [0.5, 0.6) is 0 Å². The van der Waals surface area contributed by atoms with Gasteiger partial charge >= 0.3 is 0 Å². The van der Waals surface area contributed by atoms with Crippen molar-refractivity contribution in [1.29, 1.82) is 0 Å². The molecule has 1 aromatic heterocycles. The number of ether oxygens (including phenoxy) is 1. The summed E-state index contributed by atoms with van der Waals surface area (Å²) in [4.78, 5) is 14.7. The maximum absolute atomic E-state index is 12.2. The van der Waals surface area contributed by atoms with E-state index < -0.39 is 0 Å². The second-order valence-electron chi connectivity index (χ2n) is 3.84. The molecule has 5 heteroatoms. The topological polar surface area (TPSA) is 49.8 Å². The van der Waals surface area contributed by atoms with E-state index in [0.717, 1.165) is 10.4 Å². The molecule has 0 spiro atoms. The van der Waals surface area contributed by atoms with Gasteiger partial charge in [0.05, 0.1) is 30.7 Å². The van der Waals surface area contributed by atoms with Gasteiger partial charge in [-0.3, -0.25) is 4.79 Å². The lowest BCUT2D eigenvalue weighted by Gasteiger charge is -2.34. The lowest BCUT2D eigenvalue weighted by Crippen LogP contribution is -2.50. The Morgan fingerprint density at radius 1 is 1.75 bits per heavy atom. The maximum atomic E-state index is 12.2. The minimum absolute atomic E-state index is 0.00912. The summed E-state index contributed by atoms with van der Waals surface area (Å²) in [6.45, 7) is 3.41. The molecule has 4 nitrogen and oxygen atoms in total. The molecule has 0 saturated carbocycles. The molecule has 1 unspecified atom stereocenters. The van der Waals surface area contributed by atoms with Gasteiger partial charge in [0.1, 0.15) is 0 Å². The summed E-state index contributed by atoms with van der Waals surface area (Å²) < 4.78 is 5.25. The summed E-state index contributed by atoms with van der Waals surface area (Å²) in [5.74, 6) is 0.00912. The van der Waals surface area contributed by atoms with Gasteiger partial charge in [-0.15, -0.1) is 11.3 Å². The summed E-state index contributed by atoms with van der Waals surface area (Å²) in [5.41, 5.74) is 0.998. The molecule has 0 radical (unpaired) electrons. The van der Waals surface area contributed by atoms with Crippen molar-refractivity contribution >= 4 is 17.2 Å². The molecule has 1 amide bonds. The van der Waals surface area contributed by atoms with Crippen LogP contribution in [0.1, 0.15) is 15.2 Å². The van der Waals surface area contributed by atoms with E-state index in [4.69, 9.17) is 4.74 Å². The van der Waals surface area contributed by atoms with Gasteiger partial charge in [0.2, 0.25) is 0 Å². The Bertz CT molecular complexity index is 377. The summed E-state index contributed by atoms with van der Waals surface area (Å²) in [5, 5.41) is 11.1. The average Bonchev–Trinajstić information content (AvgIpc) is 2.74. The average molecular weight is 241 g/mol. The third-order valence-corrected chi connectivity index (χ3v) is 3.76. The fraction of sp³-hybridized carbons (Fsp3) is 0.545. The summed E-state index contributed by atoms with van der Waals surface area (Å²) in [7, 11) is 0. The summed E-state index contributed by atoms with van der Waals surface area (Å²) in [6.07, 6.45) is 0. The largest absolute Gasteiger partial charge is 0.394 e. The van der Waals surface area contributed by atoms with Gasteiger partial charge in [0.15, 0.2) is 0 Å². The van der Waals surface area contributed by atoms with Crippen molar-refractivity contribution in [2.24, 2.45) is 0 Å². The number of aliphatic hydroxyl groups is 1. The number of hydrogen-bond acceptors (Lipinski definition) is 4. The Hall–Kier alpha value is -0.910. The third kappa shape index (κ3) is 2.11. The maximum Gasteiger partial charge on any atom is 0.264 e. The van der Waals surface area contributed by atoms with Crippen molar-refractivity contribution in [3.05, 3.63) is 21.9 Å². The fourth-order valence-electron chi connectivity index (χ4n) is 1.80. The van der Waals surface area contributed by atoms with Gasteiger partial charge in [0, 0.05) is 6.54 Å². The molecule has 2 rings (SSSR count). The van der Waals surface area contributed by atoms with E-state index in [1.165, 1.54) is 11.3 Å². The van der Waals surface area contributed by atoms with Gasteiger partial charge in [-0.1, -0.05) is 0 Å². The lowest BCUT2D eigenvalue weighted by molar-refractivity contribution is -0.0182. The first-order valence-corrected chi connectivity index (χ1v) is 6.15. The molecule has 1 saturated heterocycles. The van der Waals surface area contributed by atoms with Crippen molar-refractivity contribution in [1.82, 2.24) is 4.90 Å². The Kier molecular flexibility index (Phi) is 3.58. The molecular formula is C11H15NO3S. The second-order valence-corrected chi connectivity index (χ2v) is 4.76. The molecule has 0 aromatic carbocycles. The van der Waals surface area contributed by atoms with Gasteiger partial charge in [-0.05, 0) is 23.9 Å². The zero-order chi connectivity index (χ0) is 11.5. The normalized spacial score (nSPS) is 21.1. The number of carbonyl (C=O) groups excluding carboxylic acids is 1. The quantitative estimate of drug-likeness (QED) is 0.836. The van der Waals surface area contributed by atoms with Crippen LogP contribution in [0.2, 0.25) is 0 Å². The highest BCUT2D eigenvalue weighted by molar-refractivity contribution is 7.12. The number of nitrogens with zero attached hydrogens (tertiary/aromatic N) is 1. The van der Waals surface area contributed by atoms with E-state index in [2.05, 4.69) is 0 Å². The van der Waals surface area contributed by atoms with Crippen LogP contribution >= 0.6 is 11.3 Å². The summed E-state index contributed by atoms with van der Waals surface area (Å²) in [6, 6.07) is 1.73. The van der Waals surface area contributed by atoms with E-state index in [1.807, 2.05) is 18.4 Å². The third-order valence-electron chi connectivity index (χ3n) is 2.76. The minimum Gasteiger partial charge on any atom is -0.394 e. The molecule has 88 valence electrons. The van der Waals surface area contributed by atoms with Crippen LogP contribution < -0.4 is 0 Å². The Morgan fingerprint density at radius 3 is 3.19 bits per heavy atom. The molecule has 1 atom stereocenters. The van der Waals surface area contributed by atoms with Gasteiger partial charge in [0.25, 0.3) is 5.91 Å². The van der Waals surface area contributed by atoms with Crippen molar-refractivity contribution in [2.75, 3.05) is 26.4 Å². The van der Waals surface area contributed by atoms with Crippen LogP contribution in [0.4, 0.5) is 0 Å². The van der Waals surface area contributed by atoms with Crippen LogP contribution in [-0.2, 0) is 4.74 Å². The molecule has 16 heavy (non-hydrogen) atoms. The number of amides is 1. The lowest BCUT2D eigenvalue weighted by atomic mass is 10.2. The number of morpholine rings is 1. The SMILES string of the molecule is Cc1ccsc1C(=O)N1CCOCC1CO. The zero-order valence-corrected chi connectivity index (χ0v) is 10.00. The van der Waals surface area contributed by atoms with Crippen molar-refractivity contribution in [3.8, 4) is 0 Å². The standard InChI is InChI=1S/C11H15NO3S/c1-8-2-5-16-10(8)11(14)12-3-4-15-7-9(12)6-13/h2,5,9,13H,3-4,6-7H2,1H3. The van der Waals surface area contributed by atoms with E-state index in [0.29, 0.717) is 19.8 Å². The predicted octanol–water partition coefficient (Wildman–Crippen LogP) is 0.890. The number of thiophene rings is 1. The Balaban J connectivity index is 2.17. The number of aliphatic hydroxyl groups excluding tert-OH is 1. The number of rotatable bonds is 2. The van der Waals surface area contributed by atoms with Gasteiger partial charge < -0.3 is 14.7 Å². The highest BCUT2D eigenvalue weighted by atomic mass is 32.1. The number of carbonyl (C=O) groups is 1. The van der Waals surface area contributed by atoms with Crippen LogP contribution in [-0.4, -0.2) is 48.3 Å². The first-order valence-electron chi connectivity index (χ1n) is 5.27. The molecular weight excluding hydrogens is 226 g/mol. The van der Waals surface area contributed by atoms with E-state index >= 15 is 0 Å². The molecule has 0 bridgehead atoms. The molecule has 1 fully saturated rings. The van der Waals surface area contributed by atoms with E-state index in [-0.39, 0.29) is 18.6 Å². The Labute approximate surface area is 98.4 Å². The molecule has 1 aromatic rings. The predicted molar refractivity (Wildman–Crippen MR) is 61.8 cm³/mol. The van der Waals surface area contributed by atoms with Crippen molar-refractivity contribution in [2.45, 2.75) is 13.0 Å². The van der Waals surface area contributed by atoms with Crippen LogP contribution in [0.25, 0.3) is 0 Å². The van der Waals surface area contributed by atoms with Crippen molar-refractivity contribution < 1.29 is 14.6 Å². The Morgan fingerprint density at radius 2 is 2.56 bits per heavy atom. The molecule has 1 aliphatic rings. The monoisotopic (exact) mass is 241 g/mol. The van der Waals surface area contributed by atoms with Crippen molar-refractivity contribution in [3.63, 3.8) is 0 Å². The van der Waals surface area contributed by atoms with Gasteiger partial charge in [-0.2, -0.15) is 0 Å². The van der Waals surface area contributed by atoms with Crippen LogP contribution in [0, 0.1) is 6.92 Å². The molecule has 1 aliphatic heterocycles. The fourth-order valence-corrected chi connectivity index (χ4v) is 2.68. The molecule has 0 aliphatic carbocycles. The minimum atomic E-state index is -0.206. The highest BCUT2D eigenvalue weighted by Gasteiger charge is 2.28. The molecule has 2 heterocycles. The number of aryl methyl sites for hydroxylation is 1. The van der Waals surface area contributed by atoms with Crippen LogP contribution in [0.3, 0.4) is 0 Å². The van der Waals surface area contributed by atoms with Crippen LogP contribution in [0.15, 0.2) is 11.4 Å². The number of hydrogen-bond donors (Lipinski definition) is 1. The molecule has 1 N–H and O–H groups in total. The smallest absolute Gasteiger partial charge is 0.264 e. The first kappa shape index (κ1) is 11.6. The zero-order valence-electron chi connectivity index (χ0n) is 9.18. The summed E-state index contributed by atoms with van der Waals surface area (Å²) >= 11 is 1.45. The highest BCUT2D eigenvalue weighted by Crippen LogP contribution is 2.20. The second kappa shape index (κ2) is 4.95. The first-order chi connectivity index (χ1) is 7.74. The van der Waals surface area contributed by atoms with E-state index in [9.17, 15) is 9.90 Å². The van der Waals surface area contributed by atoms with Gasteiger partial charge in [-0.25, -0.2) is 0 Å².